The number of carboxylic acid groups (broad SMARTS) is 1. The van der Waals surface area contributed by atoms with Gasteiger partial charge >= 0.3 is 5.97 Å². The summed E-state index contributed by atoms with van der Waals surface area (Å²) in [5, 5.41) is 8.73. The molecule has 0 amide bonds. The highest BCUT2D eigenvalue weighted by Crippen LogP contribution is 2.09. The highest BCUT2D eigenvalue weighted by Gasteiger charge is 2.32. The van der Waals surface area contributed by atoms with Crippen molar-refractivity contribution in [3.05, 3.63) is 0 Å². The Morgan fingerprint density at radius 2 is 2.31 bits per heavy atom. The molecule has 0 aromatic heterocycles. The van der Waals surface area contributed by atoms with Gasteiger partial charge in [-0.3, -0.25) is 0 Å². The minimum atomic E-state index is -3.57. The van der Waals surface area contributed by atoms with Crippen LogP contribution in [-0.4, -0.2) is 56.1 Å². The maximum Gasteiger partial charge on any atom is 0.334 e. The van der Waals surface area contributed by atoms with Crippen LogP contribution in [-0.2, 0) is 19.7 Å². The average Bonchev–Trinajstić information content (AvgIpc) is 2.26. The lowest BCUT2D eigenvalue weighted by atomic mass is 10.3. The Hall–Kier alpha value is -0.700. The summed E-state index contributed by atoms with van der Waals surface area (Å²) in [6, 6.07) is 0. The molecule has 0 aromatic carbocycles. The summed E-state index contributed by atoms with van der Waals surface area (Å²) in [5.74, 6) is -1.14. The van der Waals surface area contributed by atoms with Gasteiger partial charge in [0.2, 0.25) is 0 Å². The maximum atomic E-state index is 11.7. The second-order valence-corrected chi connectivity index (χ2v) is 5.21. The molecule has 8 heteroatoms. The zero-order chi connectivity index (χ0) is 12.2. The van der Waals surface area contributed by atoms with Crippen molar-refractivity contribution in [1.29, 1.82) is 0 Å². The van der Waals surface area contributed by atoms with Crippen molar-refractivity contribution >= 4 is 16.2 Å². The van der Waals surface area contributed by atoms with E-state index in [0.717, 1.165) is 4.31 Å². The van der Waals surface area contributed by atoms with Gasteiger partial charge in [0.15, 0.2) is 6.10 Å². The summed E-state index contributed by atoms with van der Waals surface area (Å²) in [5.41, 5.74) is 0. The smallest absolute Gasteiger partial charge is 0.334 e. The van der Waals surface area contributed by atoms with Gasteiger partial charge in [-0.25, -0.2) is 9.52 Å². The Morgan fingerprint density at radius 1 is 1.62 bits per heavy atom. The van der Waals surface area contributed by atoms with Crippen LogP contribution in [0.25, 0.3) is 0 Å². The molecule has 1 heterocycles. The Balaban J connectivity index is 2.62. The minimum absolute atomic E-state index is 0.101. The number of carbonyl (C=O) groups is 1. The predicted molar refractivity (Wildman–Crippen MR) is 56.2 cm³/mol. The van der Waals surface area contributed by atoms with Crippen molar-refractivity contribution in [2.75, 3.05) is 26.2 Å². The first-order valence-electron chi connectivity index (χ1n) is 5.06. The first-order chi connectivity index (χ1) is 7.47. The number of carboxylic acids is 1. The molecule has 1 fully saturated rings. The Labute approximate surface area is 94.6 Å². The van der Waals surface area contributed by atoms with Crippen LogP contribution in [0.2, 0.25) is 0 Å². The lowest BCUT2D eigenvalue weighted by Gasteiger charge is -2.29. The summed E-state index contributed by atoms with van der Waals surface area (Å²) in [6.07, 6.45) is -0.390. The monoisotopic (exact) mass is 252 g/mol. The number of nitrogens with one attached hydrogen (secondary N) is 1. The fraction of sp³-hybridized carbons (Fsp3) is 0.875. The van der Waals surface area contributed by atoms with Gasteiger partial charge in [-0.2, -0.15) is 12.7 Å². The summed E-state index contributed by atoms with van der Waals surface area (Å²) < 4.78 is 31.8. The molecule has 16 heavy (non-hydrogen) atoms. The molecule has 1 saturated heterocycles. The molecule has 0 spiro atoms. The van der Waals surface area contributed by atoms with Crippen molar-refractivity contribution in [3.8, 4) is 0 Å². The van der Waals surface area contributed by atoms with Crippen molar-refractivity contribution in [3.63, 3.8) is 0 Å². The number of ether oxygens (including phenoxy) is 1. The molecule has 1 unspecified atom stereocenters. The Kier molecular flexibility index (Phi) is 4.66. The van der Waals surface area contributed by atoms with Crippen LogP contribution >= 0.6 is 0 Å². The van der Waals surface area contributed by atoms with Gasteiger partial charge in [-0.05, 0) is 6.42 Å². The third-order valence-electron chi connectivity index (χ3n) is 2.18. The SMILES string of the molecule is CCCNS(=O)(=O)N1CCOC(C(=O)O)C1. The van der Waals surface area contributed by atoms with Gasteiger partial charge in [-0.15, -0.1) is 0 Å². The molecule has 1 aliphatic heterocycles. The fourth-order valence-corrected chi connectivity index (χ4v) is 2.61. The number of hydrogen-bond donors (Lipinski definition) is 2. The van der Waals surface area contributed by atoms with Gasteiger partial charge < -0.3 is 9.84 Å². The zero-order valence-electron chi connectivity index (χ0n) is 9.05. The van der Waals surface area contributed by atoms with E-state index in [-0.39, 0.29) is 19.7 Å². The zero-order valence-corrected chi connectivity index (χ0v) is 9.87. The largest absolute Gasteiger partial charge is 0.479 e. The molecule has 0 bridgehead atoms. The van der Waals surface area contributed by atoms with Gasteiger partial charge in [0.1, 0.15) is 0 Å². The van der Waals surface area contributed by atoms with E-state index >= 15 is 0 Å². The van der Waals surface area contributed by atoms with Crippen LogP contribution in [0.15, 0.2) is 0 Å². The van der Waals surface area contributed by atoms with Crippen LogP contribution in [0, 0.1) is 0 Å². The van der Waals surface area contributed by atoms with Crippen LogP contribution < -0.4 is 4.72 Å². The van der Waals surface area contributed by atoms with E-state index in [1.165, 1.54) is 0 Å². The number of nitrogens with zero attached hydrogens (tertiary/aromatic N) is 1. The first-order valence-corrected chi connectivity index (χ1v) is 6.50. The second-order valence-electron chi connectivity index (χ2n) is 3.46. The molecular weight excluding hydrogens is 236 g/mol. The molecule has 94 valence electrons. The molecule has 2 N–H and O–H groups in total. The Bertz CT molecular complexity index is 342. The van der Waals surface area contributed by atoms with E-state index in [9.17, 15) is 13.2 Å². The van der Waals surface area contributed by atoms with Crippen LogP contribution in [0.5, 0.6) is 0 Å². The van der Waals surface area contributed by atoms with E-state index in [2.05, 4.69) is 4.72 Å². The molecule has 0 aromatic rings. The quantitative estimate of drug-likeness (QED) is 0.655. The van der Waals surface area contributed by atoms with Crippen LogP contribution in [0.3, 0.4) is 0 Å². The van der Waals surface area contributed by atoms with Crippen molar-refractivity contribution in [1.82, 2.24) is 9.03 Å². The Morgan fingerprint density at radius 3 is 2.88 bits per heavy atom. The summed E-state index contributed by atoms with van der Waals surface area (Å²) in [4.78, 5) is 10.7. The van der Waals surface area contributed by atoms with Crippen LogP contribution in [0.1, 0.15) is 13.3 Å². The van der Waals surface area contributed by atoms with E-state index in [4.69, 9.17) is 9.84 Å². The van der Waals surface area contributed by atoms with E-state index in [1.54, 1.807) is 0 Å². The molecular formula is C8H16N2O5S. The van der Waals surface area contributed by atoms with Gasteiger partial charge in [0, 0.05) is 13.1 Å². The van der Waals surface area contributed by atoms with Crippen molar-refractivity contribution in [2.24, 2.45) is 0 Å². The van der Waals surface area contributed by atoms with Crippen molar-refractivity contribution in [2.45, 2.75) is 19.4 Å². The highest BCUT2D eigenvalue weighted by atomic mass is 32.2. The summed E-state index contributed by atoms with van der Waals surface area (Å²) in [6.45, 7) is 2.33. The molecule has 0 saturated carbocycles. The average molecular weight is 252 g/mol. The van der Waals surface area contributed by atoms with Gasteiger partial charge in [0.25, 0.3) is 10.2 Å². The molecule has 7 nitrogen and oxygen atoms in total. The van der Waals surface area contributed by atoms with Gasteiger partial charge in [-0.1, -0.05) is 6.92 Å². The second kappa shape index (κ2) is 5.58. The fourth-order valence-electron chi connectivity index (χ4n) is 1.32. The summed E-state index contributed by atoms with van der Waals surface area (Å²) in [7, 11) is -3.57. The minimum Gasteiger partial charge on any atom is -0.479 e. The number of hydrogen-bond acceptors (Lipinski definition) is 4. The lowest BCUT2D eigenvalue weighted by Crippen LogP contribution is -2.52. The highest BCUT2D eigenvalue weighted by molar-refractivity contribution is 7.87. The topological polar surface area (TPSA) is 95.9 Å². The van der Waals surface area contributed by atoms with E-state index in [0.29, 0.717) is 13.0 Å². The standard InChI is InChI=1S/C8H16N2O5S/c1-2-3-9-16(13,14)10-4-5-15-7(6-10)8(11)12/h7,9H,2-6H2,1H3,(H,11,12). The molecule has 1 rings (SSSR count). The van der Waals surface area contributed by atoms with E-state index < -0.39 is 22.3 Å². The normalized spacial score (nSPS) is 23.2. The number of rotatable bonds is 5. The third kappa shape index (κ3) is 3.41. The molecule has 0 radical (unpaired) electrons. The van der Waals surface area contributed by atoms with E-state index in [1.807, 2.05) is 6.92 Å². The van der Waals surface area contributed by atoms with Crippen molar-refractivity contribution < 1.29 is 23.1 Å². The molecule has 1 atom stereocenters. The lowest BCUT2D eigenvalue weighted by molar-refractivity contribution is -0.153. The molecule has 0 aliphatic carbocycles. The predicted octanol–water partition coefficient (Wildman–Crippen LogP) is -0.984. The summed E-state index contributed by atoms with van der Waals surface area (Å²) >= 11 is 0. The molecule has 1 aliphatic rings. The maximum absolute atomic E-state index is 11.7. The first kappa shape index (κ1) is 13.4. The van der Waals surface area contributed by atoms with Gasteiger partial charge in [0.05, 0.1) is 13.2 Å². The number of morpholine rings is 1. The third-order valence-corrected chi connectivity index (χ3v) is 3.76. The number of aliphatic carboxylic acids is 1. The van der Waals surface area contributed by atoms with Crippen LogP contribution in [0.4, 0.5) is 0 Å².